The van der Waals surface area contributed by atoms with Crippen molar-refractivity contribution in [3.8, 4) is 0 Å². The Labute approximate surface area is 164 Å². The number of thioether (sulfide) groups is 1. The first-order valence-electron chi connectivity index (χ1n) is 8.19. The van der Waals surface area contributed by atoms with E-state index in [0.717, 1.165) is 37.4 Å². The fraction of sp³-hybridized carbons (Fsp3) is 0.688. The summed E-state index contributed by atoms with van der Waals surface area (Å²) in [7, 11) is 1.86. The van der Waals surface area contributed by atoms with Crippen molar-refractivity contribution in [2.24, 2.45) is 4.99 Å². The minimum Gasteiger partial charge on any atom is -0.355 e. The molecule has 2 aliphatic rings. The molecule has 3 rings (SSSR count). The van der Waals surface area contributed by atoms with Gasteiger partial charge in [0.2, 0.25) is 0 Å². The van der Waals surface area contributed by atoms with Gasteiger partial charge in [-0.2, -0.15) is 11.8 Å². The van der Waals surface area contributed by atoms with Crippen molar-refractivity contribution >= 4 is 53.0 Å². The van der Waals surface area contributed by atoms with E-state index in [9.17, 15) is 0 Å². The molecular formula is C16H27IN4S2. The second-order valence-electron chi connectivity index (χ2n) is 5.91. The predicted molar refractivity (Wildman–Crippen MR) is 114 cm³/mol. The second kappa shape index (κ2) is 10.1. The normalized spacial score (nSPS) is 21.6. The van der Waals surface area contributed by atoms with E-state index in [-0.39, 0.29) is 24.0 Å². The molecule has 1 unspecified atom stereocenters. The van der Waals surface area contributed by atoms with Gasteiger partial charge in [0, 0.05) is 49.9 Å². The number of guanidine groups is 1. The lowest BCUT2D eigenvalue weighted by Gasteiger charge is -2.27. The van der Waals surface area contributed by atoms with E-state index in [4.69, 9.17) is 0 Å². The average molecular weight is 466 g/mol. The van der Waals surface area contributed by atoms with E-state index < -0.39 is 0 Å². The standard InChI is InChI=1S/C16H26N4S2.HI/c1-17-16(19-11-14-3-2-9-21-14)18-6-8-20-7-4-15-13(12-20)5-10-22-15;/h5,10,14H,2-4,6-9,11-12H2,1H3,(H2,17,18,19);1H. The fourth-order valence-electron chi connectivity index (χ4n) is 3.07. The maximum atomic E-state index is 4.33. The molecule has 0 amide bonds. The van der Waals surface area contributed by atoms with Crippen molar-refractivity contribution in [3.05, 3.63) is 21.9 Å². The minimum atomic E-state index is 0. The average Bonchev–Trinajstić information content (AvgIpc) is 3.21. The molecule has 7 heteroatoms. The van der Waals surface area contributed by atoms with Gasteiger partial charge in [0.25, 0.3) is 0 Å². The zero-order chi connectivity index (χ0) is 15.2. The Bertz CT molecular complexity index is 500. The molecule has 0 radical (unpaired) electrons. The molecule has 0 aromatic carbocycles. The molecule has 0 bridgehead atoms. The minimum absolute atomic E-state index is 0. The Kier molecular flexibility index (Phi) is 8.49. The summed E-state index contributed by atoms with van der Waals surface area (Å²) in [5.41, 5.74) is 1.53. The predicted octanol–water partition coefficient (Wildman–Crippen LogP) is 2.78. The summed E-state index contributed by atoms with van der Waals surface area (Å²) >= 11 is 3.99. The van der Waals surface area contributed by atoms with Crippen molar-refractivity contribution in [3.63, 3.8) is 0 Å². The Morgan fingerprint density at radius 2 is 2.35 bits per heavy atom. The summed E-state index contributed by atoms with van der Waals surface area (Å²) in [6.45, 7) is 5.35. The van der Waals surface area contributed by atoms with Crippen LogP contribution < -0.4 is 10.6 Å². The quantitative estimate of drug-likeness (QED) is 0.398. The van der Waals surface area contributed by atoms with Gasteiger partial charge in [-0.3, -0.25) is 9.89 Å². The van der Waals surface area contributed by atoms with Crippen LogP contribution in [0, 0.1) is 0 Å². The molecular weight excluding hydrogens is 439 g/mol. The van der Waals surface area contributed by atoms with E-state index >= 15 is 0 Å². The Balaban J connectivity index is 0.00000192. The van der Waals surface area contributed by atoms with Gasteiger partial charge in [-0.05, 0) is 42.0 Å². The molecule has 23 heavy (non-hydrogen) atoms. The summed E-state index contributed by atoms with van der Waals surface area (Å²) in [5, 5.41) is 9.89. The van der Waals surface area contributed by atoms with Gasteiger partial charge in [0.05, 0.1) is 0 Å². The molecule has 1 atom stereocenters. The number of halogens is 1. The summed E-state index contributed by atoms with van der Waals surface area (Å²) in [6, 6.07) is 2.28. The number of thiophene rings is 1. The van der Waals surface area contributed by atoms with Gasteiger partial charge in [-0.1, -0.05) is 0 Å². The summed E-state index contributed by atoms with van der Waals surface area (Å²) < 4.78 is 0. The first-order chi connectivity index (χ1) is 10.8. The SMILES string of the molecule is CN=C(NCCN1CCc2sccc2C1)NCC1CCCS1.I. The summed E-state index contributed by atoms with van der Waals surface area (Å²) in [5.74, 6) is 2.26. The third kappa shape index (κ3) is 5.79. The first kappa shape index (κ1) is 19.3. The van der Waals surface area contributed by atoms with Crippen LogP contribution in [0.3, 0.4) is 0 Å². The largest absolute Gasteiger partial charge is 0.355 e. The van der Waals surface area contributed by atoms with E-state index in [2.05, 4.69) is 43.7 Å². The second-order valence-corrected chi connectivity index (χ2v) is 8.32. The van der Waals surface area contributed by atoms with Crippen molar-refractivity contribution in [1.82, 2.24) is 15.5 Å². The number of hydrogen-bond donors (Lipinski definition) is 2. The third-order valence-corrected chi connectivity index (χ3v) is 6.77. The van der Waals surface area contributed by atoms with Crippen molar-refractivity contribution < 1.29 is 0 Å². The molecule has 2 aliphatic heterocycles. The fourth-order valence-corrected chi connectivity index (χ4v) is 5.16. The van der Waals surface area contributed by atoms with Crippen LogP contribution in [-0.2, 0) is 13.0 Å². The Morgan fingerprint density at radius 1 is 1.43 bits per heavy atom. The van der Waals surface area contributed by atoms with Crippen molar-refractivity contribution in [2.45, 2.75) is 31.1 Å². The van der Waals surface area contributed by atoms with E-state index in [1.807, 2.05) is 18.4 Å². The van der Waals surface area contributed by atoms with Crippen LogP contribution in [0.4, 0.5) is 0 Å². The van der Waals surface area contributed by atoms with Crippen LogP contribution in [0.5, 0.6) is 0 Å². The van der Waals surface area contributed by atoms with Gasteiger partial charge in [-0.15, -0.1) is 35.3 Å². The number of aliphatic imine (C=N–C) groups is 1. The number of nitrogens with zero attached hydrogens (tertiary/aromatic N) is 2. The maximum Gasteiger partial charge on any atom is 0.191 e. The molecule has 1 aromatic heterocycles. The Morgan fingerprint density at radius 3 is 3.13 bits per heavy atom. The van der Waals surface area contributed by atoms with Gasteiger partial charge in [-0.25, -0.2) is 0 Å². The van der Waals surface area contributed by atoms with Crippen LogP contribution in [0.15, 0.2) is 16.4 Å². The molecule has 1 aromatic rings. The topological polar surface area (TPSA) is 39.7 Å². The summed E-state index contributed by atoms with van der Waals surface area (Å²) in [4.78, 5) is 8.44. The molecule has 1 saturated heterocycles. The highest BCUT2D eigenvalue weighted by atomic mass is 127. The maximum absolute atomic E-state index is 4.33. The molecule has 130 valence electrons. The molecule has 2 N–H and O–H groups in total. The highest BCUT2D eigenvalue weighted by Gasteiger charge is 2.17. The molecule has 0 spiro atoms. The van der Waals surface area contributed by atoms with Crippen molar-refractivity contribution in [1.29, 1.82) is 0 Å². The zero-order valence-electron chi connectivity index (χ0n) is 13.7. The van der Waals surface area contributed by atoms with E-state index in [1.54, 1.807) is 4.88 Å². The van der Waals surface area contributed by atoms with Crippen LogP contribution >= 0.6 is 47.1 Å². The lowest BCUT2D eigenvalue weighted by molar-refractivity contribution is 0.260. The molecule has 0 aliphatic carbocycles. The van der Waals surface area contributed by atoms with Crippen LogP contribution in [0.2, 0.25) is 0 Å². The Hall–Kier alpha value is 0.01000. The molecule has 3 heterocycles. The van der Waals surface area contributed by atoms with Crippen LogP contribution in [-0.4, -0.2) is 55.1 Å². The zero-order valence-corrected chi connectivity index (χ0v) is 17.7. The third-order valence-electron chi connectivity index (χ3n) is 4.35. The number of nitrogens with one attached hydrogen (secondary N) is 2. The molecule has 0 saturated carbocycles. The highest BCUT2D eigenvalue weighted by Crippen LogP contribution is 2.25. The first-order valence-corrected chi connectivity index (χ1v) is 10.1. The number of fused-ring (bicyclic) bond motifs is 1. The number of rotatable bonds is 5. The van der Waals surface area contributed by atoms with Crippen LogP contribution in [0.1, 0.15) is 23.3 Å². The van der Waals surface area contributed by atoms with Gasteiger partial charge in [0.1, 0.15) is 0 Å². The van der Waals surface area contributed by atoms with Gasteiger partial charge >= 0.3 is 0 Å². The number of hydrogen-bond acceptors (Lipinski definition) is 4. The van der Waals surface area contributed by atoms with E-state index in [1.165, 1.54) is 37.1 Å². The lowest BCUT2D eigenvalue weighted by Crippen LogP contribution is -2.44. The monoisotopic (exact) mass is 466 g/mol. The van der Waals surface area contributed by atoms with Crippen LogP contribution in [0.25, 0.3) is 0 Å². The molecule has 1 fully saturated rings. The smallest absolute Gasteiger partial charge is 0.191 e. The van der Waals surface area contributed by atoms with Gasteiger partial charge in [0.15, 0.2) is 5.96 Å². The highest BCUT2D eigenvalue weighted by molar-refractivity contribution is 14.0. The van der Waals surface area contributed by atoms with Gasteiger partial charge < -0.3 is 10.6 Å². The molecule has 4 nitrogen and oxygen atoms in total. The van der Waals surface area contributed by atoms with E-state index in [0.29, 0.717) is 0 Å². The summed E-state index contributed by atoms with van der Waals surface area (Å²) in [6.07, 6.45) is 3.91. The van der Waals surface area contributed by atoms with Crippen molar-refractivity contribution in [2.75, 3.05) is 39.0 Å². The lowest BCUT2D eigenvalue weighted by atomic mass is 10.1.